The monoisotopic (exact) mass is 453 g/mol. The van der Waals surface area contributed by atoms with E-state index in [1.54, 1.807) is 4.90 Å². The molecule has 0 radical (unpaired) electrons. The molecule has 32 heavy (non-hydrogen) atoms. The smallest absolute Gasteiger partial charge is 0.365 e. The summed E-state index contributed by atoms with van der Waals surface area (Å²) in [4.78, 5) is 18.9. The molecule has 4 rings (SSSR count). The summed E-state index contributed by atoms with van der Waals surface area (Å²) in [5, 5.41) is 3.81. The summed E-state index contributed by atoms with van der Waals surface area (Å²) in [6, 6.07) is 4.54. The summed E-state index contributed by atoms with van der Waals surface area (Å²) in [5.41, 5.74) is 5.69. The van der Waals surface area contributed by atoms with E-state index in [1.807, 2.05) is 0 Å². The molecule has 2 fully saturated rings. The molecule has 1 aromatic heterocycles. The van der Waals surface area contributed by atoms with E-state index in [0.717, 1.165) is 12.1 Å². The van der Waals surface area contributed by atoms with Gasteiger partial charge in [0.1, 0.15) is 6.04 Å². The summed E-state index contributed by atoms with van der Waals surface area (Å²) in [6.45, 7) is 7.29. The summed E-state index contributed by atoms with van der Waals surface area (Å²) in [6.07, 6.45) is -4.44. The van der Waals surface area contributed by atoms with Gasteiger partial charge < -0.3 is 14.2 Å². The van der Waals surface area contributed by atoms with Gasteiger partial charge >= 0.3 is 6.18 Å². The quantitative estimate of drug-likeness (QED) is 0.738. The molecule has 3 atom stereocenters. The highest BCUT2D eigenvalue weighted by atomic mass is 19.4. The predicted octanol–water partition coefficient (Wildman–Crippen LogP) is 2.94. The largest absolute Gasteiger partial charge is 0.416 e. The Morgan fingerprint density at radius 1 is 1.22 bits per heavy atom. The van der Waals surface area contributed by atoms with Crippen molar-refractivity contribution < 1.29 is 27.2 Å². The number of alkyl halides is 3. The number of hydrogen-bond acceptors (Lipinski definition) is 7. The van der Waals surface area contributed by atoms with Gasteiger partial charge in [0.25, 0.3) is 5.89 Å². The first-order valence-corrected chi connectivity index (χ1v) is 10.4. The minimum absolute atomic E-state index is 0.0130. The molecule has 2 saturated heterocycles. The molecule has 0 bridgehead atoms. The number of benzene rings is 1. The second-order valence-corrected chi connectivity index (χ2v) is 9.17. The molecule has 1 amide bonds. The number of amides is 1. The van der Waals surface area contributed by atoms with Gasteiger partial charge in [0.2, 0.25) is 11.7 Å². The van der Waals surface area contributed by atoms with Crippen LogP contribution in [0, 0.1) is 5.41 Å². The minimum Gasteiger partial charge on any atom is -0.365 e. The first-order valence-electron chi connectivity index (χ1n) is 10.4. The summed E-state index contributed by atoms with van der Waals surface area (Å²) < 4.78 is 49.9. The van der Waals surface area contributed by atoms with Crippen LogP contribution in [0.3, 0.4) is 0 Å². The Balaban J connectivity index is 1.44. The van der Waals surface area contributed by atoms with Crippen LogP contribution in [-0.4, -0.2) is 52.7 Å². The van der Waals surface area contributed by atoms with E-state index in [2.05, 4.69) is 41.8 Å². The molecule has 0 spiro atoms. The molecule has 2 aliphatic heterocycles. The Bertz CT molecular complexity index is 972. The predicted molar refractivity (Wildman–Crippen MR) is 108 cm³/mol. The summed E-state index contributed by atoms with van der Waals surface area (Å²) in [7, 11) is 0. The lowest BCUT2D eigenvalue weighted by Gasteiger charge is -2.32. The number of morpholine rings is 1. The van der Waals surface area contributed by atoms with Crippen molar-refractivity contribution in [3.8, 4) is 11.4 Å². The number of hydrogen-bond donors (Lipinski definition) is 2. The first kappa shape index (κ1) is 22.7. The van der Waals surface area contributed by atoms with Crippen molar-refractivity contribution in [3.05, 3.63) is 35.7 Å². The normalized spacial score (nSPS) is 24.7. The first-order chi connectivity index (χ1) is 15.0. The zero-order valence-corrected chi connectivity index (χ0v) is 18.1. The molecule has 0 saturated carbocycles. The number of aromatic nitrogens is 2. The van der Waals surface area contributed by atoms with Gasteiger partial charge in [-0.15, -0.1) is 0 Å². The Kier molecular flexibility index (Phi) is 5.99. The van der Waals surface area contributed by atoms with Gasteiger partial charge in [-0.25, -0.2) is 5.43 Å². The number of nitrogens with zero attached hydrogens (tertiary/aromatic N) is 3. The third-order valence-electron chi connectivity index (χ3n) is 5.79. The second kappa shape index (κ2) is 8.45. The molecular formula is C21H26F3N5O3. The highest BCUT2D eigenvalue weighted by Gasteiger charge is 2.39. The van der Waals surface area contributed by atoms with Crippen LogP contribution >= 0.6 is 0 Å². The zero-order valence-electron chi connectivity index (χ0n) is 18.1. The standard InChI is InChI=1S/C21H26F3N5O3/c1-20(2,3)16-10-14(26-27-16)19(30)29-7-8-31-15(11-29)18-25-17(28-32-18)12-5-4-6-13(9-12)21(22,23)24/h4-6,9,14-16,26-27H,7-8,10-11H2,1-3H3. The van der Waals surface area contributed by atoms with Crippen molar-refractivity contribution in [3.63, 3.8) is 0 Å². The molecule has 174 valence electrons. The van der Waals surface area contributed by atoms with Gasteiger partial charge in [-0.05, 0) is 24.0 Å². The number of ether oxygens (including phenoxy) is 1. The number of carbonyl (C=O) groups is 1. The molecule has 2 N–H and O–H groups in total. The van der Waals surface area contributed by atoms with Crippen LogP contribution in [-0.2, 0) is 15.7 Å². The van der Waals surface area contributed by atoms with Crippen molar-refractivity contribution in [2.45, 2.75) is 51.6 Å². The van der Waals surface area contributed by atoms with Gasteiger partial charge in [-0.1, -0.05) is 38.1 Å². The summed E-state index contributed by atoms with van der Waals surface area (Å²) >= 11 is 0. The van der Waals surface area contributed by atoms with Crippen LogP contribution in [0.2, 0.25) is 0 Å². The number of rotatable bonds is 3. The minimum atomic E-state index is -4.47. The van der Waals surface area contributed by atoms with Gasteiger partial charge in [-0.2, -0.15) is 18.2 Å². The van der Waals surface area contributed by atoms with E-state index in [9.17, 15) is 18.0 Å². The van der Waals surface area contributed by atoms with Crippen LogP contribution < -0.4 is 10.9 Å². The molecular weight excluding hydrogens is 427 g/mol. The fraction of sp³-hybridized carbons (Fsp3) is 0.571. The van der Waals surface area contributed by atoms with Crippen LogP contribution in [0.15, 0.2) is 28.8 Å². The highest BCUT2D eigenvalue weighted by Crippen LogP contribution is 2.32. The Morgan fingerprint density at radius 3 is 2.69 bits per heavy atom. The maximum Gasteiger partial charge on any atom is 0.416 e. The van der Waals surface area contributed by atoms with E-state index in [0.29, 0.717) is 19.6 Å². The van der Waals surface area contributed by atoms with Crippen molar-refractivity contribution in [2.24, 2.45) is 5.41 Å². The number of carbonyl (C=O) groups excluding carboxylic acids is 1. The second-order valence-electron chi connectivity index (χ2n) is 9.17. The lowest BCUT2D eigenvalue weighted by atomic mass is 9.84. The van der Waals surface area contributed by atoms with E-state index < -0.39 is 17.8 Å². The maximum atomic E-state index is 13.0. The van der Waals surface area contributed by atoms with Crippen molar-refractivity contribution >= 4 is 5.91 Å². The third-order valence-corrected chi connectivity index (χ3v) is 5.79. The molecule has 2 aromatic rings. The Hall–Kier alpha value is -2.50. The average molecular weight is 453 g/mol. The Labute approximate surface area is 183 Å². The van der Waals surface area contributed by atoms with Crippen molar-refractivity contribution in [2.75, 3.05) is 19.7 Å². The Morgan fingerprint density at radius 2 is 2.00 bits per heavy atom. The topological polar surface area (TPSA) is 92.5 Å². The van der Waals surface area contributed by atoms with Crippen molar-refractivity contribution in [1.29, 1.82) is 0 Å². The molecule has 0 aliphatic carbocycles. The number of hydrazine groups is 1. The van der Waals surface area contributed by atoms with E-state index in [1.165, 1.54) is 12.1 Å². The van der Waals surface area contributed by atoms with Gasteiger partial charge in [0.15, 0.2) is 6.10 Å². The van der Waals surface area contributed by atoms with Gasteiger partial charge in [-0.3, -0.25) is 10.2 Å². The van der Waals surface area contributed by atoms with Gasteiger partial charge in [0.05, 0.1) is 18.7 Å². The molecule has 1 aromatic carbocycles. The lowest BCUT2D eigenvalue weighted by Crippen LogP contribution is -2.50. The third kappa shape index (κ3) is 4.79. The van der Waals surface area contributed by atoms with E-state index >= 15 is 0 Å². The fourth-order valence-corrected chi connectivity index (χ4v) is 3.82. The molecule has 11 heteroatoms. The highest BCUT2D eigenvalue weighted by molar-refractivity contribution is 5.82. The van der Waals surface area contributed by atoms with E-state index in [4.69, 9.17) is 9.26 Å². The number of halogens is 3. The molecule has 3 unspecified atom stereocenters. The summed E-state index contributed by atoms with van der Waals surface area (Å²) in [5.74, 6) is 0.114. The zero-order chi connectivity index (χ0) is 23.1. The molecule has 2 aliphatic rings. The SMILES string of the molecule is CC(C)(C)C1CC(C(=O)N2CCOC(c3nc(-c4cccc(C(F)(F)F)c4)no3)C2)NN1. The van der Waals surface area contributed by atoms with Gasteiger partial charge in [0, 0.05) is 18.2 Å². The van der Waals surface area contributed by atoms with E-state index in [-0.39, 0.29) is 47.2 Å². The van der Waals surface area contributed by atoms with Crippen LogP contribution in [0.1, 0.15) is 44.8 Å². The average Bonchev–Trinajstić information content (AvgIpc) is 3.43. The number of nitrogens with one attached hydrogen (secondary N) is 2. The fourth-order valence-electron chi connectivity index (χ4n) is 3.82. The van der Waals surface area contributed by atoms with Crippen LogP contribution in [0.4, 0.5) is 13.2 Å². The lowest BCUT2D eigenvalue weighted by molar-refractivity contribution is -0.142. The van der Waals surface area contributed by atoms with Crippen LogP contribution in [0.5, 0.6) is 0 Å². The maximum absolute atomic E-state index is 13.0. The van der Waals surface area contributed by atoms with Crippen LogP contribution in [0.25, 0.3) is 11.4 Å². The molecule has 8 nitrogen and oxygen atoms in total. The molecule has 3 heterocycles. The van der Waals surface area contributed by atoms with Crippen molar-refractivity contribution in [1.82, 2.24) is 25.9 Å².